The van der Waals surface area contributed by atoms with Crippen LogP contribution < -0.4 is 9.47 Å². The van der Waals surface area contributed by atoms with Gasteiger partial charge in [-0.15, -0.1) is 0 Å². The van der Waals surface area contributed by atoms with Gasteiger partial charge in [-0.05, 0) is 54.8 Å². The summed E-state index contributed by atoms with van der Waals surface area (Å²) in [6, 6.07) is 14.2. The molecule has 2 unspecified atom stereocenters. The zero-order valence-corrected chi connectivity index (χ0v) is 19.0. The Labute approximate surface area is 194 Å². The van der Waals surface area contributed by atoms with Gasteiger partial charge in [-0.25, -0.2) is 9.37 Å². The monoisotopic (exact) mass is 454 g/mol. The smallest absolute Gasteiger partial charge is 0.187 e. The third kappa shape index (κ3) is 6.79. The molecule has 1 aliphatic rings. The Morgan fingerprint density at radius 1 is 1.09 bits per heavy atom. The number of aryl methyl sites for hydroxylation is 1. The number of ether oxygens (including phenoxy) is 4. The van der Waals surface area contributed by atoms with Gasteiger partial charge in [-0.2, -0.15) is 0 Å². The Bertz CT molecular complexity index is 963. The van der Waals surface area contributed by atoms with Crippen molar-refractivity contribution < 1.29 is 23.3 Å². The highest BCUT2D eigenvalue weighted by Crippen LogP contribution is 2.31. The normalized spacial score (nSPS) is 20.1. The molecule has 7 heteroatoms. The lowest BCUT2D eigenvalue weighted by molar-refractivity contribution is -0.184. The van der Waals surface area contributed by atoms with Crippen molar-refractivity contribution >= 4 is 0 Å². The summed E-state index contributed by atoms with van der Waals surface area (Å²) in [6.45, 7) is 4.21. The summed E-state index contributed by atoms with van der Waals surface area (Å²) in [7, 11) is 0. The number of unbranched alkanes of at least 4 members (excludes halogenated alkanes) is 1. The molecule has 0 radical (unpaired) electrons. The standard InChI is InChI=1S/C26H31FN2O4/c1-2-3-16-30-23-8-10-24(11-9-23)31-17-25-18-32-26(33-25,19-29-15-14-28-20-29)13-12-21-4-6-22(27)7-5-21/h4-11,14-15,20,25H,2-3,12-13,16-19H2,1H3. The first-order valence-electron chi connectivity index (χ1n) is 11.5. The van der Waals surface area contributed by atoms with E-state index in [2.05, 4.69) is 11.9 Å². The number of aromatic nitrogens is 2. The van der Waals surface area contributed by atoms with Crippen molar-refractivity contribution in [1.29, 1.82) is 0 Å². The molecule has 0 saturated carbocycles. The zero-order valence-electron chi connectivity index (χ0n) is 19.0. The number of imidazole rings is 1. The number of benzene rings is 2. The lowest BCUT2D eigenvalue weighted by atomic mass is 10.0. The zero-order chi connectivity index (χ0) is 22.9. The minimum absolute atomic E-state index is 0.192. The molecule has 2 atom stereocenters. The lowest BCUT2D eigenvalue weighted by Crippen LogP contribution is -2.37. The molecule has 0 amide bonds. The molecule has 0 N–H and O–H groups in total. The third-order valence-corrected chi connectivity index (χ3v) is 5.63. The highest BCUT2D eigenvalue weighted by molar-refractivity contribution is 5.31. The van der Waals surface area contributed by atoms with Crippen molar-refractivity contribution in [3.63, 3.8) is 0 Å². The van der Waals surface area contributed by atoms with E-state index in [1.165, 1.54) is 12.1 Å². The van der Waals surface area contributed by atoms with E-state index in [4.69, 9.17) is 18.9 Å². The second-order valence-electron chi connectivity index (χ2n) is 8.31. The quantitative estimate of drug-likeness (QED) is 0.360. The summed E-state index contributed by atoms with van der Waals surface area (Å²) < 4.78 is 39.4. The lowest BCUT2D eigenvalue weighted by Gasteiger charge is -2.28. The molecule has 1 aliphatic heterocycles. The van der Waals surface area contributed by atoms with Crippen molar-refractivity contribution in [1.82, 2.24) is 9.55 Å². The van der Waals surface area contributed by atoms with Crippen LogP contribution in [0, 0.1) is 5.82 Å². The Hall–Kier alpha value is -2.90. The third-order valence-electron chi connectivity index (χ3n) is 5.63. The van der Waals surface area contributed by atoms with E-state index in [1.807, 2.05) is 35.0 Å². The average Bonchev–Trinajstić information content (AvgIpc) is 3.49. The van der Waals surface area contributed by atoms with Crippen LogP contribution in [0.5, 0.6) is 11.5 Å². The SMILES string of the molecule is CCCCOc1ccc(OCC2COC(CCc3ccc(F)cc3)(Cn3ccnc3)O2)cc1. The number of hydrogen-bond donors (Lipinski definition) is 0. The summed E-state index contributed by atoms with van der Waals surface area (Å²) in [5.41, 5.74) is 1.04. The molecule has 1 saturated heterocycles. The summed E-state index contributed by atoms with van der Waals surface area (Å²) in [6.07, 6.45) is 8.68. The number of rotatable bonds is 12. The van der Waals surface area contributed by atoms with Crippen LogP contribution in [0.2, 0.25) is 0 Å². The van der Waals surface area contributed by atoms with E-state index in [-0.39, 0.29) is 11.9 Å². The van der Waals surface area contributed by atoms with Gasteiger partial charge in [0.15, 0.2) is 5.79 Å². The second-order valence-corrected chi connectivity index (χ2v) is 8.31. The van der Waals surface area contributed by atoms with Crippen LogP contribution in [0.3, 0.4) is 0 Å². The highest BCUT2D eigenvalue weighted by Gasteiger charge is 2.42. The maximum Gasteiger partial charge on any atom is 0.187 e. The fourth-order valence-electron chi connectivity index (χ4n) is 3.79. The van der Waals surface area contributed by atoms with Gasteiger partial charge >= 0.3 is 0 Å². The predicted octanol–water partition coefficient (Wildman–Crippen LogP) is 5.02. The minimum atomic E-state index is -0.792. The molecule has 0 aliphatic carbocycles. The van der Waals surface area contributed by atoms with Crippen LogP contribution in [0.25, 0.3) is 0 Å². The van der Waals surface area contributed by atoms with Crippen LogP contribution in [0.15, 0.2) is 67.3 Å². The molecule has 0 spiro atoms. The van der Waals surface area contributed by atoms with Gasteiger partial charge in [0.05, 0.1) is 26.1 Å². The van der Waals surface area contributed by atoms with Crippen LogP contribution in [-0.2, 0) is 22.4 Å². The van der Waals surface area contributed by atoms with Crippen molar-refractivity contribution in [3.05, 3.63) is 78.6 Å². The molecule has 0 bridgehead atoms. The van der Waals surface area contributed by atoms with Gasteiger partial charge < -0.3 is 23.5 Å². The fourth-order valence-corrected chi connectivity index (χ4v) is 3.79. The van der Waals surface area contributed by atoms with Crippen LogP contribution in [-0.4, -0.2) is 41.3 Å². The molecular weight excluding hydrogens is 423 g/mol. The van der Waals surface area contributed by atoms with E-state index in [0.717, 1.165) is 36.5 Å². The van der Waals surface area contributed by atoms with Crippen LogP contribution in [0.4, 0.5) is 4.39 Å². The van der Waals surface area contributed by atoms with Gasteiger partial charge in [0.1, 0.15) is 30.0 Å². The first kappa shape index (κ1) is 23.3. The topological polar surface area (TPSA) is 54.7 Å². The van der Waals surface area contributed by atoms with E-state index in [1.54, 1.807) is 24.7 Å². The van der Waals surface area contributed by atoms with Crippen LogP contribution >= 0.6 is 0 Å². The summed E-state index contributed by atoms with van der Waals surface area (Å²) in [5, 5.41) is 0. The molecule has 1 aromatic heterocycles. The molecule has 3 aromatic rings. The van der Waals surface area contributed by atoms with Crippen molar-refractivity contribution in [2.45, 2.75) is 51.0 Å². The Morgan fingerprint density at radius 2 is 1.85 bits per heavy atom. The first-order valence-corrected chi connectivity index (χ1v) is 11.5. The van der Waals surface area contributed by atoms with Gasteiger partial charge in [0.25, 0.3) is 0 Å². The Balaban J connectivity index is 1.33. The Kier molecular flexibility index (Phi) is 7.96. The van der Waals surface area contributed by atoms with E-state index >= 15 is 0 Å². The molecule has 2 heterocycles. The highest BCUT2D eigenvalue weighted by atomic mass is 19.1. The van der Waals surface area contributed by atoms with Gasteiger partial charge in [0, 0.05) is 18.8 Å². The summed E-state index contributed by atoms with van der Waals surface area (Å²) in [4.78, 5) is 4.12. The molecule has 33 heavy (non-hydrogen) atoms. The van der Waals surface area contributed by atoms with E-state index in [9.17, 15) is 4.39 Å². The van der Waals surface area contributed by atoms with Gasteiger partial charge in [0.2, 0.25) is 0 Å². The van der Waals surface area contributed by atoms with Crippen molar-refractivity contribution in [2.75, 3.05) is 19.8 Å². The summed E-state index contributed by atoms with van der Waals surface area (Å²) in [5.74, 6) is 0.578. The maximum absolute atomic E-state index is 13.2. The van der Waals surface area contributed by atoms with Crippen molar-refractivity contribution in [2.24, 2.45) is 0 Å². The minimum Gasteiger partial charge on any atom is -0.494 e. The van der Waals surface area contributed by atoms with E-state index in [0.29, 0.717) is 32.6 Å². The van der Waals surface area contributed by atoms with Crippen molar-refractivity contribution in [3.8, 4) is 11.5 Å². The number of nitrogens with zero attached hydrogens (tertiary/aromatic N) is 2. The molecular formula is C26H31FN2O4. The number of halogens is 1. The second kappa shape index (κ2) is 11.3. The number of hydrogen-bond acceptors (Lipinski definition) is 5. The molecule has 6 nitrogen and oxygen atoms in total. The molecule has 176 valence electrons. The van der Waals surface area contributed by atoms with Crippen LogP contribution in [0.1, 0.15) is 31.7 Å². The predicted molar refractivity (Wildman–Crippen MR) is 123 cm³/mol. The maximum atomic E-state index is 13.2. The fraction of sp³-hybridized carbons (Fsp3) is 0.423. The Morgan fingerprint density at radius 3 is 2.55 bits per heavy atom. The largest absolute Gasteiger partial charge is 0.494 e. The molecule has 2 aromatic carbocycles. The average molecular weight is 455 g/mol. The molecule has 1 fully saturated rings. The van der Waals surface area contributed by atoms with Gasteiger partial charge in [-0.1, -0.05) is 25.5 Å². The van der Waals surface area contributed by atoms with Gasteiger partial charge in [-0.3, -0.25) is 0 Å². The first-order chi connectivity index (χ1) is 16.1. The van der Waals surface area contributed by atoms with E-state index < -0.39 is 5.79 Å². The molecule has 4 rings (SSSR count). The summed E-state index contributed by atoms with van der Waals surface area (Å²) >= 11 is 0.